The molecule has 0 saturated heterocycles. The van der Waals surface area contributed by atoms with Gasteiger partial charge in [-0.15, -0.1) is 11.3 Å². The molecule has 1 aromatic heterocycles. The molecule has 14 heavy (non-hydrogen) atoms. The Balaban J connectivity index is 2.65. The van der Waals surface area contributed by atoms with Crippen LogP contribution < -0.4 is 5.73 Å². The molecule has 1 heterocycles. The number of rotatable bonds is 1. The van der Waals surface area contributed by atoms with E-state index in [1.54, 1.807) is 0 Å². The van der Waals surface area contributed by atoms with E-state index in [0.29, 0.717) is 9.90 Å². The Morgan fingerprint density at radius 2 is 1.93 bits per heavy atom. The highest BCUT2D eigenvalue weighted by Crippen LogP contribution is 2.38. The largest absolute Gasteiger partial charge is 0.389 e. The summed E-state index contributed by atoms with van der Waals surface area (Å²) in [6, 6.07) is 0. The quantitative estimate of drug-likeness (QED) is 0.799. The van der Waals surface area contributed by atoms with Gasteiger partial charge in [-0.3, -0.25) is 0 Å². The summed E-state index contributed by atoms with van der Waals surface area (Å²) >= 11 is 1.44. The molecule has 1 aliphatic rings. The van der Waals surface area contributed by atoms with E-state index in [1.165, 1.54) is 22.5 Å². The zero-order valence-corrected chi connectivity index (χ0v) is 9.67. The van der Waals surface area contributed by atoms with Crippen LogP contribution in [0.25, 0.3) is 0 Å². The summed E-state index contributed by atoms with van der Waals surface area (Å²) in [7, 11) is -3.15. The number of hydrogen-bond donors (Lipinski definition) is 1. The molecule has 78 valence electrons. The average Bonchev–Trinajstić information content (AvgIpc) is 2.38. The zero-order chi connectivity index (χ0) is 10.3. The summed E-state index contributed by atoms with van der Waals surface area (Å²) in [5.74, 6) is 0. The van der Waals surface area contributed by atoms with Crippen molar-refractivity contribution in [3.63, 3.8) is 0 Å². The van der Waals surface area contributed by atoms with Crippen molar-refractivity contribution < 1.29 is 8.42 Å². The maximum absolute atomic E-state index is 11.5. The molecule has 0 atom stereocenters. The monoisotopic (exact) mass is 231 g/mol. The highest BCUT2D eigenvalue weighted by Gasteiger charge is 2.25. The first kappa shape index (κ1) is 9.98. The molecule has 5 heteroatoms. The van der Waals surface area contributed by atoms with Gasteiger partial charge in [-0.1, -0.05) is 0 Å². The zero-order valence-electron chi connectivity index (χ0n) is 8.04. The van der Waals surface area contributed by atoms with Crippen LogP contribution >= 0.6 is 11.3 Å². The molecule has 0 fully saturated rings. The van der Waals surface area contributed by atoms with Gasteiger partial charge in [0, 0.05) is 11.1 Å². The van der Waals surface area contributed by atoms with Gasteiger partial charge in [-0.25, -0.2) is 8.42 Å². The summed E-state index contributed by atoms with van der Waals surface area (Å²) < 4.78 is 23.0. The summed E-state index contributed by atoms with van der Waals surface area (Å²) in [4.78, 5) is 1.58. The second-order valence-electron chi connectivity index (χ2n) is 3.68. The normalized spacial score (nSPS) is 16.6. The predicted molar refractivity (Wildman–Crippen MR) is 58.5 cm³/mol. The van der Waals surface area contributed by atoms with Crippen molar-refractivity contribution in [2.75, 3.05) is 12.0 Å². The maximum Gasteiger partial charge on any atom is 0.178 e. The Kier molecular flexibility index (Phi) is 2.31. The fourth-order valence-corrected chi connectivity index (χ4v) is 4.70. The van der Waals surface area contributed by atoms with Crippen molar-refractivity contribution in [2.45, 2.75) is 30.6 Å². The number of hydrogen-bond acceptors (Lipinski definition) is 4. The summed E-state index contributed by atoms with van der Waals surface area (Å²) in [6.07, 6.45) is 5.31. The molecule has 0 radical (unpaired) electrons. The Morgan fingerprint density at radius 1 is 1.29 bits per heavy atom. The molecule has 2 rings (SSSR count). The average molecular weight is 231 g/mol. The molecular weight excluding hydrogens is 218 g/mol. The third-order valence-corrected chi connectivity index (χ3v) is 4.98. The van der Waals surface area contributed by atoms with Crippen LogP contribution in [-0.4, -0.2) is 14.7 Å². The first-order valence-corrected chi connectivity index (χ1v) is 7.31. The van der Waals surface area contributed by atoms with Gasteiger partial charge in [-0.05, 0) is 31.2 Å². The van der Waals surface area contributed by atoms with Gasteiger partial charge in [0.2, 0.25) is 0 Å². The lowest BCUT2D eigenvalue weighted by atomic mass is 9.99. The maximum atomic E-state index is 11.5. The Morgan fingerprint density at radius 3 is 2.57 bits per heavy atom. The molecule has 0 aromatic carbocycles. The lowest BCUT2D eigenvalue weighted by molar-refractivity contribution is 0.599. The predicted octanol–water partition coefficient (Wildman–Crippen LogP) is 1.61. The van der Waals surface area contributed by atoms with Crippen molar-refractivity contribution in [3.8, 4) is 0 Å². The van der Waals surface area contributed by atoms with Crippen LogP contribution in [0.1, 0.15) is 23.3 Å². The fraction of sp³-hybridized carbons (Fsp3) is 0.556. The van der Waals surface area contributed by atoms with E-state index in [2.05, 4.69) is 0 Å². The third-order valence-electron chi connectivity index (χ3n) is 2.52. The smallest absolute Gasteiger partial charge is 0.178 e. The van der Waals surface area contributed by atoms with E-state index < -0.39 is 9.84 Å². The number of aryl methyl sites for hydroxylation is 1. The number of nitrogens with two attached hydrogens (primary N) is 1. The SMILES string of the molecule is CS(=O)(=O)c1c(N)sc2c1CCCC2. The minimum atomic E-state index is -3.15. The Labute approximate surface area is 87.9 Å². The molecule has 3 nitrogen and oxygen atoms in total. The van der Waals surface area contributed by atoms with Crippen molar-refractivity contribution in [2.24, 2.45) is 0 Å². The number of thiophene rings is 1. The molecule has 0 spiro atoms. The van der Waals surface area contributed by atoms with E-state index in [1.807, 2.05) is 0 Å². The number of fused-ring (bicyclic) bond motifs is 1. The van der Waals surface area contributed by atoms with Gasteiger partial charge in [0.05, 0.1) is 0 Å². The van der Waals surface area contributed by atoms with E-state index in [0.717, 1.165) is 31.2 Å². The van der Waals surface area contributed by atoms with Gasteiger partial charge in [0.25, 0.3) is 0 Å². The lowest BCUT2D eigenvalue weighted by Gasteiger charge is -2.11. The van der Waals surface area contributed by atoms with E-state index in [4.69, 9.17) is 5.73 Å². The van der Waals surface area contributed by atoms with Crippen molar-refractivity contribution in [1.29, 1.82) is 0 Å². The van der Waals surface area contributed by atoms with Gasteiger partial charge >= 0.3 is 0 Å². The van der Waals surface area contributed by atoms with E-state index in [9.17, 15) is 8.42 Å². The van der Waals surface area contributed by atoms with Crippen LogP contribution in [0.5, 0.6) is 0 Å². The van der Waals surface area contributed by atoms with E-state index in [-0.39, 0.29) is 0 Å². The number of anilines is 1. The molecule has 0 aliphatic heterocycles. The van der Waals surface area contributed by atoms with Crippen molar-refractivity contribution in [1.82, 2.24) is 0 Å². The first-order valence-electron chi connectivity index (χ1n) is 4.60. The van der Waals surface area contributed by atoms with Gasteiger partial charge in [0.15, 0.2) is 9.84 Å². The molecule has 0 bridgehead atoms. The molecule has 0 saturated carbocycles. The summed E-state index contributed by atoms with van der Waals surface area (Å²) in [5.41, 5.74) is 6.73. The molecule has 0 amide bonds. The van der Waals surface area contributed by atoms with Crippen LogP contribution in [-0.2, 0) is 22.7 Å². The van der Waals surface area contributed by atoms with Crippen LogP contribution in [0.15, 0.2) is 4.90 Å². The second-order valence-corrected chi connectivity index (χ2v) is 6.77. The Hall–Kier alpha value is -0.550. The molecule has 2 N–H and O–H groups in total. The topological polar surface area (TPSA) is 60.2 Å². The van der Waals surface area contributed by atoms with Crippen LogP contribution in [0.2, 0.25) is 0 Å². The van der Waals surface area contributed by atoms with Crippen LogP contribution in [0.3, 0.4) is 0 Å². The summed E-state index contributed by atoms with van der Waals surface area (Å²) in [6.45, 7) is 0. The fourth-order valence-electron chi connectivity index (χ4n) is 1.96. The standard InChI is InChI=1S/C9H13NO2S2/c1-14(11,12)8-6-4-2-3-5-7(6)13-9(8)10/h2-5,10H2,1H3. The van der Waals surface area contributed by atoms with Gasteiger partial charge < -0.3 is 5.73 Å². The minimum absolute atomic E-state index is 0.400. The Bertz CT molecular complexity index is 459. The number of sulfone groups is 1. The van der Waals surface area contributed by atoms with Crippen LogP contribution in [0.4, 0.5) is 5.00 Å². The van der Waals surface area contributed by atoms with Gasteiger partial charge in [-0.2, -0.15) is 0 Å². The molecule has 1 aromatic rings. The third kappa shape index (κ3) is 1.54. The van der Waals surface area contributed by atoms with Crippen molar-refractivity contribution >= 4 is 26.2 Å². The lowest BCUT2D eigenvalue weighted by Crippen LogP contribution is -2.06. The molecular formula is C9H13NO2S2. The first-order chi connectivity index (χ1) is 6.50. The van der Waals surface area contributed by atoms with Gasteiger partial charge in [0.1, 0.15) is 9.90 Å². The van der Waals surface area contributed by atoms with Crippen molar-refractivity contribution in [3.05, 3.63) is 10.4 Å². The molecule has 0 unspecified atom stereocenters. The highest BCUT2D eigenvalue weighted by molar-refractivity contribution is 7.91. The minimum Gasteiger partial charge on any atom is -0.389 e. The van der Waals surface area contributed by atoms with Crippen LogP contribution in [0, 0.1) is 0 Å². The highest BCUT2D eigenvalue weighted by atomic mass is 32.2. The number of nitrogen functional groups attached to an aromatic ring is 1. The molecule has 1 aliphatic carbocycles. The second kappa shape index (κ2) is 3.24. The van der Waals surface area contributed by atoms with E-state index >= 15 is 0 Å². The summed E-state index contributed by atoms with van der Waals surface area (Å²) in [5, 5.41) is 0.472.